The highest BCUT2D eigenvalue weighted by molar-refractivity contribution is 5.68. The van der Waals surface area contributed by atoms with Crippen LogP contribution in [0.4, 0.5) is 9.59 Å². The van der Waals surface area contributed by atoms with E-state index in [4.69, 9.17) is 39.9 Å². The van der Waals surface area contributed by atoms with Crippen molar-refractivity contribution in [3.05, 3.63) is 0 Å². The number of hydrogen-bond donors (Lipinski definition) is 11. The van der Waals surface area contributed by atoms with Gasteiger partial charge in [-0.15, -0.1) is 0 Å². The van der Waals surface area contributed by atoms with Crippen molar-refractivity contribution in [3.63, 3.8) is 0 Å². The second-order valence-corrected chi connectivity index (χ2v) is 14.0. The van der Waals surface area contributed by atoms with Gasteiger partial charge in [0.15, 0.2) is 12.6 Å². The van der Waals surface area contributed by atoms with Crippen LogP contribution in [0, 0.1) is 0 Å². The molecule has 0 radical (unpaired) electrons. The van der Waals surface area contributed by atoms with Crippen LogP contribution in [-0.4, -0.2) is 164 Å². The fraction of sp³-hybridized carbons (Fsp3) is 0.929. The van der Waals surface area contributed by atoms with Gasteiger partial charge >= 0.3 is 12.2 Å². The highest BCUT2D eigenvalue weighted by Crippen LogP contribution is 2.32. The minimum absolute atomic E-state index is 0.135. The van der Waals surface area contributed by atoms with Gasteiger partial charge in [0.05, 0.1) is 18.7 Å². The van der Waals surface area contributed by atoms with E-state index < -0.39 is 122 Å². The van der Waals surface area contributed by atoms with Gasteiger partial charge in [-0.05, 0) is 48.0 Å². The summed E-state index contributed by atoms with van der Waals surface area (Å²) in [7, 11) is 0. The Morgan fingerprint density at radius 3 is 1.83 bits per heavy atom. The smallest absolute Gasteiger partial charge is 0.407 e. The van der Waals surface area contributed by atoms with Gasteiger partial charge in [0.1, 0.15) is 72.2 Å². The second-order valence-electron chi connectivity index (χ2n) is 14.0. The monoisotopic (exact) mass is 684 g/mol. The molecule has 0 spiro atoms. The fourth-order valence-electron chi connectivity index (χ4n) is 5.43. The quantitative estimate of drug-likeness (QED) is 0.116. The van der Waals surface area contributed by atoms with E-state index in [0.717, 1.165) is 0 Å². The summed E-state index contributed by atoms with van der Waals surface area (Å²) in [6, 6.07) is -3.45. The lowest BCUT2D eigenvalue weighted by molar-refractivity contribution is -0.333. The van der Waals surface area contributed by atoms with Gasteiger partial charge < -0.3 is 86.3 Å². The predicted molar refractivity (Wildman–Crippen MR) is 158 cm³/mol. The zero-order valence-electron chi connectivity index (χ0n) is 27.3. The van der Waals surface area contributed by atoms with Crippen molar-refractivity contribution < 1.29 is 73.8 Å². The molecule has 2 aliphatic heterocycles. The van der Waals surface area contributed by atoms with E-state index in [9.17, 15) is 45.3 Å². The number of aliphatic hydroxyl groups is 7. The van der Waals surface area contributed by atoms with Crippen molar-refractivity contribution in [2.75, 3.05) is 13.2 Å². The minimum atomic E-state index is -1.87. The van der Waals surface area contributed by atoms with Gasteiger partial charge in [-0.1, -0.05) is 0 Å². The van der Waals surface area contributed by atoms with Crippen LogP contribution in [0.5, 0.6) is 0 Å². The van der Waals surface area contributed by atoms with Crippen LogP contribution < -0.4 is 22.1 Å². The lowest BCUT2D eigenvalue weighted by atomic mass is 9.83. The Hall–Kier alpha value is -1.98. The number of nitrogens with two attached hydrogens (primary N) is 2. The molecule has 47 heavy (non-hydrogen) atoms. The number of alkyl carbamates (subject to hydrolysis) is 2. The number of amides is 2. The minimum Gasteiger partial charge on any atom is -0.444 e. The zero-order valence-corrected chi connectivity index (χ0v) is 27.3. The Bertz CT molecular complexity index is 1040. The van der Waals surface area contributed by atoms with Gasteiger partial charge in [-0.2, -0.15) is 0 Å². The number of hydrogen-bond acceptors (Lipinski definition) is 17. The normalized spacial score (nSPS) is 41.6. The van der Waals surface area contributed by atoms with Crippen LogP contribution in [0.25, 0.3) is 0 Å². The molecule has 274 valence electrons. The summed E-state index contributed by atoms with van der Waals surface area (Å²) in [6.07, 6.45) is -20.8. The largest absolute Gasteiger partial charge is 0.444 e. The van der Waals surface area contributed by atoms with E-state index in [2.05, 4.69) is 10.6 Å². The molecule has 3 rings (SSSR count). The maximum Gasteiger partial charge on any atom is 0.407 e. The molecule has 1 saturated carbocycles. The van der Waals surface area contributed by atoms with Gasteiger partial charge in [0.25, 0.3) is 0 Å². The van der Waals surface area contributed by atoms with Crippen molar-refractivity contribution in [1.29, 1.82) is 0 Å². The third kappa shape index (κ3) is 10.3. The van der Waals surface area contributed by atoms with Crippen molar-refractivity contribution >= 4 is 12.2 Å². The summed E-state index contributed by atoms with van der Waals surface area (Å²) in [5.41, 5.74) is 10.5. The van der Waals surface area contributed by atoms with Gasteiger partial charge in [0.2, 0.25) is 0 Å². The highest BCUT2D eigenvalue weighted by Gasteiger charge is 2.53. The third-order valence-corrected chi connectivity index (χ3v) is 7.75. The molecule has 3 aliphatic rings. The molecule has 0 aromatic heterocycles. The maximum absolute atomic E-state index is 12.8. The standard InChI is InChI=1S/C28H52N4O15/c1-27(2,3)46-25(40)31-8-12-16(35)18(37)19(38)24(42-12)45-22-11(32-26(41)47-28(4,5)6)7-10(29)21(20(22)39)44-23-17(36)14(30)15(34)13(9-33)43-23/h10-24,33-39H,7-9,29-30H2,1-6H3,(H,31,40)(H,32,41)/t10-,11+,12-,13-,14+,15-,16-,17-,18+,19-,20-,21+,22-,23-,24-/m1/s1. The molecule has 13 N–H and O–H groups in total. The van der Waals surface area contributed by atoms with Crippen LogP contribution >= 0.6 is 0 Å². The Kier molecular flexibility index (Phi) is 13.2. The predicted octanol–water partition coefficient (Wildman–Crippen LogP) is -4.16. The first-order valence-electron chi connectivity index (χ1n) is 15.4. The molecular weight excluding hydrogens is 632 g/mol. The number of carbonyl (C=O) groups excluding carboxylic acids is 2. The molecule has 0 bridgehead atoms. The first kappa shape index (κ1) is 39.5. The molecule has 0 aromatic rings. The molecule has 19 heteroatoms. The summed E-state index contributed by atoms with van der Waals surface area (Å²) < 4.78 is 33.5. The number of carbonyl (C=O) groups is 2. The van der Waals surface area contributed by atoms with Crippen molar-refractivity contribution in [2.24, 2.45) is 11.5 Å². The van der Waals surface area contributed by atoms with Gasteiger partial charge in [-0.25, -0.2) is 9.59 Å². The molecule has 0 aromatic carbocycles. The van der Waals surface area contributed by atoms with E-state index in [1.807, 2.05) is 0 Å². The van der Waals surface area contributed by atoms with Crippen molar-refractivity contribution in [3.8, 4) is 0 Å². The average molecular weight is 685 g/mol. The average Bonchev–Trinajstić information content (AvgIpc) is 2.94. The maximum atomic E-state index is 12.8. The van der Waals surface area contributed by atoms with Crippen molar-refractivity contribution in [2.45, 2.75) is 151 Å². The van der Waals surface area contributed by atoms with E-state index >= 15 is 0 Å². The molecule has 2 saturated heterocycles. The van der Waals surface area contributed by atoms with E-state index in [-0.39, 0.29) is 13.0 Å². The summed E-state index contributed by atoms with van der Waals surface area (Å²) in [5, 5.41) is 78.9. The molecule has 0 unspecified atom stereocenters. The van der Waals surface area contributed by atoms with Gasteiger partial charge in [-0.3, -0.25) is 0 Å². The lowest BCUT2D eigenvalue weighted by Crippen LogP contribution is -2.69. The lowest BCUT2D eigenvalue weighted by Gasteiger charge is -2.48. The Labute approximate surface area is 272 Å². The summed E-state index contributed by atoms with van der Waals surface area (Å²) in [4.78, 5) is 24.9. The summed E-state index contributed by atoms with van der Waals surface area (Å²) in [6.45, 7) is 8.79. The van der Waals surface area contributed by atoms with Crippen LogP contribution in [0.1, 0.15) is 48.0 Å². The Morgan fingerprint density at radius 2 is 1.26 bits per heavy atom. The first-order valence-corrected chi connectivity index (χ1v) is 15.4. The zero-order chi connectivity index (χ0) is 35.6. The number of ether oxygens (including phenoxy) is 6. The SMILES string of the molecule is CC(C)(C)OC(=O)NC[C@H]1O[C@H](O[C@H]2[C@H](O)[C@@H](O[C@H]3O[C@H](CO)[C@@H](O)[C@H](N)[C@H]3O)[C@H](N)C[C@@H]2NC(=O)OC(C)(C)C)[C@H](O)[C@@H](O)[C@@H]1O. The highest BCUT2D eigenvalue weighted by atomic mass is 16.7. The van der Waals surface area contributed by atoms with Crippen LogP contribution in [0.2, 0.25) is 0 Å². The van der Waals surface area contributed by atoms with E-state index in [0.29, 0.717) is 0 Å². The Balaban J connectivity index is 1.84. The van der Waals surface area contributed by atoms with Crippen LogP contribution in [-0.2, 0) is 28.4 Å². The van der Waals surface area contributed by atoms with Gasteiger partial charge in [0, 0.05) is 12.6 Å². The number of nitrogens with one attached hydrogen (secondary N) is 2. The molecule has 15 atom stereocenters. The van der Waals surface area contributed by atoms with E-state index in [1.165, 1.54) is 0 Å². The second kappa shape index (κ2) is 15.7. The molecule has 1 aliphatic carbocycles. The number of rotatable bonds is 8. The van der Waals surface area contributed by atoms with Crippen molar-refractivity contribution in [1.82, 2.24) is 10.6 Å². The molecule has 3 fully saturated rings. The summed E-state index contributed by atoms with van der Waals surface area (Å²) >= 11 is 0. The molecule has 2 amide bonds. The molecule has 19 nitrogen and oxygen atoms in total. The Morgan fingerprint density at radius 1 is 0.723 bits per heavy atom. The van der Waals surface area contributed by atoms with E-state index in [1.54, 1.807) is 41.5 Å². The summed E-state index contributed by atoms with van der Waals surface area (Å²) in [5.74, 6) is 0. The van der Waals surface area contributed by atoms with Crippen LogP contribution in [0.3, 0.4) is 0 Å². The van der Waals surface area contributed by atoms with Crippen LogP contribution in [0.15, 0.2) is 0 Å². The first-order chi connectivity index (χ1) is 21.6. The molecule has 2 heterocycles. The molecular formula is C28H52N4O15. The third-order valence-electron chi connectivity index (χ3n) is 7.75. The number of aliphatic hydroxyl groups excluding tert-OH is 7. The fourth-order valence-corrected chi connectivity index (χ4v) is 5.43. The topological polar surface area (TPSA) is 307 Å².